The molecule has 0 saturated heterocycles. The van der Waals surface area contributed by atoms with E-state index in [1.165, 1.54) is 38.2 Å². The van der Waals surface area contributed by atoms with E-state index < -0.39 is 5.97 Å². The summed E-state index contributed by atoms with van der Waals surface area (Å²) in [6.45, 7) is 2.97. The van der Waals surface area contributed by atoms with Crippen molar-refractivity contribution in [3.63, 3.8) is 0 Å². The third-order valence-corrected chi connectivity index (χ3v) is 4.34. The first kappa shape index (κ1) is 21.5. The number of hydrogen-bond acceptors (Lipinski definition) is 4. The smallest absolute Gasteiger partial charge is 0.336 e. The Hall–Kier alpha value is -2.75. The first-order chi connectivity index (χ1) is 13.7. The molecule has 2 rings (SSSR count). The minimum atomic E-state index is -0.423. The maximum Gasteiger partial charge on any atom is 0.336 e. The molecule has 2 aromatic rings. The lowest BCUT2D eigenvalue weighted by Gasteiger charge is -2.06. The van der Waals surface area contributed by atoms with Gasteiger partial charge in [-0.05, 0) is 54.5 Å². The van der Waals surface area contributed by atoms with E-state index in [1.54, 1.807) is 37.5 Å². The fourth-order valence-corrected chi connectivity index (χ4v) is 2.71. The number of esters is 1. The van der Waals surface area contributed by atoms with Crippen molar-refractivity contribution in [1.82, 2.24) is 0 Å². The molecule has 0 heterocycles. The molecule has 0 radical (unpaired) electrons. The summed E-state index contributed by atoms with van der Waals surface area (Å²) in [6, 6.07) is 14.6. The number of hydrogen-bond donors (Lipinski definition) is 0. The summed E-state index contributed by atoms with van der Waals surface area (Å²) in [4.78, 5) is 11.9. The zero-order valence-corrected chi connectivity index (χ0v) is 16.9. The molecular weight excluding hydrogens is 352 g/mol. The van der Waals surface area contributed by atoms with Crippen LogP contribution in [0.1, 0.15) is 51.0 Å². The summed E-state index contributed by atoms with van der Waals surface area (Å²) in [6.07, 6.45) is 10.6. The van der Waals surface area contributed by atoms with Crippen LogP contribution in [0, 0.1) is 0 Å². The highest BCUT2D eigenvalue weighted by Crippen LogP contribution is 2.18. The van der Waals surface area contributed by atoms with Crippen LogP contribution in [0.5, 0.6) is 17.2 Å². The molecule has 2 aromatic carbocycles. The second-order valence-electron chi connectivity index (χ2n) is 6.62. The number of rotatable bonds is 12. The Balaban J connectivity index is 1.71. The molecule has 4 heteroatoms. The lowest BCUT2D eigenvalue weighted by atomic mass is 10.1. The van der Waals surface area contributed by atoms with Crippen molar-refractivity contribution >= 4 is 12.0 Å². The van der Waals surface area contributed by atoms with Crippen LogP contribution in [-0.4, -0.2) is 19.7 Å². The minimum absolute atomic E-state index is 0.423. The van der Waals surface area contributed by atoms with Gasteiger partial charge < -0.3 is 14.2 Å². The van der Waals surface area contributed by atoms with Crippen molar-refractivity contribution in [2.24, 2.45) is 0 Å². The predicted molar refractivity (Wildman–Crippen MR) is 113 cm³/mol. The van der Waals surface area contributed by atoms with E-state index in [0.717, 1.165) is 24.3 Å². The van der Waals surface area contributed by atoms with Crippen molar-refractivity contribution in [2.45, 2.75) is 45.4 Å². The van der Waals surface area contributed by atoms with Gasteiger partial charge in [-0.2, -0.15) is 0 Å². The number of carbonyl (C=O) groups excluding carboxylic acids is 1. The van der Waals surface area contributed by atoms with E-state index in [2.05, 4.69) is 6.92 Å². The largest absolute Gasteiger partial charge is 0.497 e. The van der Waals surface area contributed by atoms with Crippen LogP contribution in [0.2, 0.25) is 0 Å². The average molecular weight is 383 g/mol. The molecule has 0 fully saturated rings. The fourth-order valence-electron chi connectivity index (χ4n) is 2.71. The molecule has 150 valence electrons. The molecule has 4 nitrogen and oxygen atoms in total. The first-order valence-electron chi connectivity index (χ1n) is 9.98. The highest BCUT2D eigenvalue weighted by Gasteiger charge is 2.01. The number of carbonyl (C=O) groups is 1. The van der Waals surface area contributed by atoms with Crippen LogP contribution < -0.4 is 14.2 Å². The SMILES string of the molecule is CCCCCCCCOc1ccc(/C=C/C(=O)Oc2ccc(OC)cc2)cc1. The van der Waals surface area contributed by atoms with E-state index in [0.29, 0.717) is 11.5 Å². The second kappa shape index (κ2) is 12.6. The average Bonchev–Trinajstić information content (AvgIpc) is 2.73. The van der Waals surface area contributed by atoms with E-state index in [1.807, 2.05) is 24.3 Å². The summed E-state index contributed by atoms with van der Waals surface area (Å²) in [7, 11) is 1.59. The molecule has 0 aliphatic rings. The summed E-state index contributed by atoms with van der Waals surface area (Å²) >= 11 is 0. The van der Waals surface area contributed by atoms with Gasteiger partial charge >= 0.3 is 5.97 Å². The Labute approximate surface area is 168 Å². The standard InChI is InChI=1S/C24H30O4/c1-3-4-5-6-7-8-19-27-22-12-9-20(10-13-22)11-18-24(25)28-23-16-14-21(26-2)15-17-23/h9-18H,3-8,19H2,1-2H3/b18-11+. The van der Waals surface area contributed by atoms with Crippen molar-refractivity contribution in [2.75, 3.05) is 13.7 Å². The Bertz CT molecular complexity index is 717. The number of methoxy groups -OCH3 is 1. The second-order valence-corrected chi connectivity index (χ2v) is 6.62. The Morgan fingerprint density at radius 1 is 0.821 bits per heavy atom. The summed E-state index contributed by atoms with van der Waals surface area (Å²) in [5, 5.41) is 0. The van der Waals surface area contributed by atoms with Gasteiger partial charge in [-0.25, -0.2) is 4.79 Å². The molecule has 0 amide bonds. The molecule has 28 heavy (non-hydrogen) atoms. The highest BCUT2D eigenvalue weighted by atomic mass is 16.5. The molecule has 0 spiro atoms. The van der Waals surface area contributed by atoms with Crippen molar-refractivity contribution in [3.05, 3.63) is 60.2 Å². The lowest BCUT2D eigenvalue weighted by Crippen LogP contribution is -2.03. The highest BCUT2D eigenvalue weighted by molar-refractivity contribution is 5.88. The molecule has 0 unspecified atom stereocenters. The third kappa shape index (κ3) is 8.30. The molecule has 0 aliphatic heterocycles. The van der Waals surface area contributed by atoms with E-state index in [9.17, 15) is 4.79 Å². The summed E-state index contributed by atoms with van der Waals surface area (Å²) in [5.41, 5.74) is 0.915. The topological polar surface area (TPSA) is 44.8 Å². The zero-order valence-electron chi connectivity index (χ0n) is 16.9. The van der Waals surface area contributed by atoms with Gasteiger partial charge in [-0.1, -0.05) is 51.2 Å². The van der Waals surface area contributed by atoms with E-state index in [-0.39, 0.29) is 0 Å². The van der Waals surface area contributed by atoms with Crippen LogP contribution in [0.25, 0.3) is 6.08 Å². The Kier molecular flexibility index (Phi) is 9.70. The van der Waals surface area contributed by atoms with Gasteiger partial charge in [-0.15, -0.1) is 0 Å². The van der Waals surface area contributed by atoms with Gasteiger partial charge in [-0.3, -0.25) is 0 Å². The van der Waals surface area contributed by atoms with Crippen LogP contribution in [0.15, 0.2) is 54.6 Å². The van der Waals surface area contributed by atoms with Crippen molar-refractivity contribution in [3.8, 4) is 17.2 Å². The van der Waals surface area contributed by atoms with Gasteiger partial charge in [0.25, 0.3) is 0 Å². The number of ether oxygens (including phenoxy) is 3. The maximum atomic E-state index is 11.9. The van der Waals surface area contributed by atoms with Crippen molar-refractivity contribution < 1.29 is 19.0 Å². The Morgan fingerprint density at radius 3 is 2.11 bits per heavy atom. The normalized spacial score (nSPS) is 10.8. The maximum absolute atomic E-state index is 11.9. The van der Waals surface area contributed by atoms with Crippen LogP contribution in [0.3, 0.4) is 0 Å². The van der Waals surface area contributed by atoms with Crippen molar-refractivity contribution in [1.29, 1.82) is 0 Å². The molecular formula is C24H30O4. The molecule has 0 N–H and O–H groups in total. The first-order valence-corrected chi connectivity index (χ1v) is 9.98. The number of benzene rings is 2. The van der Waals surface area contributed by atoms with E-state index in [4.69, 9.17) is 14.2 Å². The fraction of sp³-hybridized carbons (Fsp3) is 0.375. The summed E-state index contributed by atoms with van der Waals surface area (Å²) in [5.74, 6) is 1.63. The molecule has 0 saturated carbocycles. The lowest BCUT2D eigenvalue weighted by molar-refractivity contribution is -0.128. The monoisotopic (exact) mass is 382 g/mol. The summed E-state index contributed by atoms with van der Waals surface area (Å²) < 4.78 is 16.1. The molecule has 0 bridgehead atoms. The van der Waals surface area contributed by atoms with Gasteiger partial charge in [0.2, 0.25) is 0 Å². The van der Waals surface area contributed by atoms with Gasteiger partial charge in [0.1, 0.15) is 17.2 Å². The van der Waals surface area contributed by atoms with Gasteiger partial charge in [0.15, 0.2) is 0 Å². The van der Waals surface area contributed by atoms with Gasteiger partial charge in [0.05, 0.1) is 13.7 Å². The molecule has 0 aliphatic carbocycles. The Morgan fingerprint density at radius 2 is 1.43 bits per heavy atom. The molecule has 0 aromatic heterocycles. The van der Waals surface area contributed by atoms with Crippen LogP contribution in [0.4, 0.5) is 0 Å². The quantitative estimate of drug-likeness (QED) is 0.194. The predicted octanol–water partition coefficient (Wildman–Crippen LogP) is 6.05. The van der Waals surface area contributed by atoms with E-state index >= 15 is 0 Å². The van der Waals surface area contributed by atoms with Gasteiger partial charge in [0, 0.05) is 6.08 Å². The number of unbranched alkanes of at least 4 members (excludes halogenated alkanes) is 5. The molecule has 0 atom stereocenters. The van der Waals surface area contributed by atoms with Crippen LogP contribution >= 0.6 is 0 Å². The third-order valence-electron chi connectivity index (χ3n) is 4.34. The minimum Gasteiger partial charge on any atom is -0.497 e. The van der Waals surface area contributed by atoms with Crippen LogP contribution in [-0.2, 0) is 4.79 Å². The zero-order chi connectivity index (χ0) is 20.0.